The molecule has 1 aromatic rings. The predicted octanol–water partition coefficient (Wildman–Crippen LogP) is 4.92. The summed E-state index contributed by atoms with van der Waals surface area (Å²) in [6.07, 6.45) is 24.3. The van der Waals surface area contributed by atoms with Crippen LogP contribution in [0.25, 0.3) is 0 Å². The highest BCUT2D eigenvalue weighted by Crippen LogP contribution is 2.45. The zero-order valence-electron chi connectivity index (χ0n) is 27.5. The van der Waals surface area contributed by atoms with Crippen molar-refractivity contribution in [2.45, 2.75) is 89.3 Å². The number of aromatic nitrogens is 2. The van der Waals surface area contributed by atoms with Gasteiger partial charge in [-0.3, -0.25) is 23.7 Å². The van der Waals surface area contributed by atoms with Gasteiger partial charge in [0.1, 0.15) is 12.2 Å². The maximum absolute atomic E-state index is 15.3. The van der Waals surface area contributed by atoms with Gasteiger partial charge in [0.25, 0.3) is 5.56 Å². The number of unbranched alkanes of at least 4 members (excludes halogenated alkanes) is 1. The standard InChI is InChI=1S/C33H50FN4O8P/c1-4-5-6-7-8-9-10-11-12-13-14-15-16-17-18-19-20-21-28(39)35-23-24-36-47(43,44-3)45-26-27-30(41)33(2,34)31(46-27)38-25-22-29(40)37-32(38)42/h5-6,8-9,11-12,14-15,17-18,22,25,27,30-31,41H,4,7,10,13,16,19-21,23-24,26H2,1-3H3,(H,35,39)(H,36,43)(H,37,40,42). The topological polar surface area (TPSA) is 161 Å². The van der Waals surface area contributed by atoms with Gasteiger partial charge in [-0.15, -0.1) is 0 Å². The molecular weight excluding hydrogens is 630 g/mol. The van der Waals surface area contributed by atoms with Crippen LogP contribution >= 0.6 is 7.75 Å². The Labute approximate surface area is 276 Å². The summed E-state index contributed by atoms with van der Waals surface area (Å²) in [6.45, 7) is 2.84. The van der Waals surface area contributed by atoms with Crippen LogP contribution < -0.4 is 21.7 Å². The Bertz CT molecular complexity index is 1400. The van der Waals surface area contributed by atoms with Gasteiger partial charge in [0.05, 0.1) is 6.61 Å². The number of carbonyl (C=O) groups is 1. The molecule has 0 radical (unpaired) electrons. The third-order valence-electron chi connectivity index (χ3n) is 7.15. The smallest absolute Gasteiger partial charge is 0.387 e. The number of aliphatic hydroxyl groups is 1. The monoisotopic (exact) mass is 680 g/mol. The number of carbonyl (C=O) groups excluding carboxylic acids is 1. The summed E-state index contributed by atoms with van der Waals surface area (Å²) in [5.74, 6) is -0.152. The lowest BCUT2D eigenvalue weighted by atomic mass is 9.98. The maximum Gasteiger partial charge on any atom is 0.405 e. The molecule has 1 fully saturated rings. The molecule has 2 heterocycles. The number of allylic oxidation sites excluding steroid dienone is 10. The quantitative estimate of drug-likeness (QED) is 0.0757. The van der Waals surface area contributed by atoms with Gasteiger partial charge >= 0.3 is 13.4 Å². The first-order chi connectivity index (χ1) is 22.5. The molecule has 14 heteroatoms. The van der Waals surface area contributed by atoms with Crippen LogP contribution in [0.5, 0.6) is 0 Å². The van der Waals surface area contributed by atoms with Crippen molar-refractivity contribution in [2.75, 3.05) is 26.8 Å². The van der Waals surface area contributed by atoms with E-state index in [0.717, 1.165) is 69.4 Å². The Morgan fingerprint density at radius 2 is 1.66 bits per heavy atom. The maximum atomic E-state index is 15.3. The van der Waals surface area contributed by atoms with E-state index < -0.39 is 49.7 Å². The van der Waals surface area contributed by atoms with Crippen molar-refractivity contribution in [3.8, 4) is 0 Å². The zero-order valence-corrected chi connectivity index (χ0v) is 28.4. The molecule has 1 saturated heterocycles. The minimum Gasteiger partial charge on any atom is -0.387 e. The summed E-state index contributed by atoms with van der Waals surface area (Å²) < 4.78 is 44.9. The fourth-order valence-corrected chi connectivity index (χ4v) is 5.58. The number of ether oxygens (including phenoxy) is 1. The van der Waals surface area contributed by atoms with Crippen LogP contribution in [-0.4, -0.2) is 65.2 Å². The highest BCUT2D eigenvalue weighted by molar-refractivity contribution is 7.51. The van der Waals surface area contributed by atoms with E-state index in [-0.39, 0.29) is 19.0 Å². The molecule has 5 unspecified atom stereocenters. The van der Waals surface area contributed by atoms with Gasteiger partial charge in [-0.05, 0) is 51.9 Å². The van der Waals surface area contributed by atoms with E-state index in [4.69, 9.17) is 13.8 Å². The van der Waals surface area contributed by atoms with Crippen LogP contribution in [0.2, 0.25) is 0 Å². The molecular formula is C33H50FN4O8P. The van der Waals surface area contributed by atoms with E-state index in [1.54, 1.807) is 0 Å². The van der Waals surface area contributed by atoms with Crippen molar-refractivity contribution in [1.82, 2.24) is 20.0 Å². The van der Waals surface area contributed by atoms with Crippen LogP contribution in [0.3, 0.4) is 0 Å². The number of amides is 1. The second-order valence-corrected chi connectivity index (χ2v) is 12.9. The number of aromatic amines is 1. The van der Waals surface area contributed by atoms with E-state index in [2.05, 4.69) is 78.1 Å². The van der Waals surface area contributed by atoms with Crippen molar-refractivity contribution in [3.05, 3.63) is 93.9 Å². The van der Waals surface area contributed by atoms with Crippen LogP contribution in [0.1, 0.15) is 71.4 Å². The summed E-state index contributed by atoms with van der Waals surface area (Å²) in [5.41, 5.74) is -4.02. The molecule has 47 heavy (non-hydrogen) atoms. The van der Waals surface area contributed by atoms with Gasteiger partial charge in [-0.1, -0.05) is 67.7 Å². The molecule has 1 aliphatic heterocycles. The summed E-state index contributed by atoms with van der Waals surface area (Å²) in [6, 6.07) is 1.02. The van der Waals surface area contributed by atoms with E-state index in [1.165, 1.54) is 0 Å². The fourth-order valence-electron chi connectivity index (χ4n) is 4.53. The van der Waals surface area contributed by atoms with E-state index in [9.17, 15) is 24.1 Å². The molecule has 0 bridgehead atoms. The van der Waals surface area contributed by atoms with Crippen LogP contribution in [0.15, 0.2) is 82.6 Å². The van der Waals surface area contributed by atoms with Crippen molar-refractivity contribution in [1.29, 1.82) is 0 Å². The fraction of sp³-hybridized carbons (Fsp3) is 0.545. The molecule has 4 N–H and O–H groups in total. The number of nitrogens with zero attached hydrogens (tertiary/aromatic N) is 1. The summed E-state index contributed by atoms with van der Waals surface area (Å²) in [4.78, 5) is 37.6. The van der Waals surface area contributed by atoms with Gasteiger partial charge in [-0.25, -0.2) is 18.8 Å². The predicted molar refractivity (Wildman–Crippen MR) is 181 cm³/mol. The van der Waals surface area contributed by atoms with Crippen molar-refractivity contribution in [2.24, 2.45) is 0 Å². The first kappa shape index (κ1) is 40.0. The Morgan fingerprint density at radius 1 is 1.06 bits per heavy atom. The lowest BCUT2D eigenvalue weighted by Gasteiger charge is -2.24. The molecule has 0 aliphatic carbocycles. The first-order valence-corrected chi connectivity index (χ1v) is 17.5. The third-order valence-corrected chi connectivity index (χ3v) is 8.74. The van der Waals surface area contributed by atoms with E-state index >= 15 is 4.39 Å². The first-order valence-electron chi connectivity index (χ1n) is 15.9. The molecule has 0 aromatic carbocycles. The largest absolute Gasteiger partial charge is 0.405 e. The van der Waals surface area contributed by atoms with Gasteiger partial charge in [0, 0.05) is 38.9 Å². The second-order valence-electron chi connectivity index (χ2n) is 11.0. The molecule has 1 aromatic heterocycles. The molecule has 1 amide bonds. The highest BCUT2D eigenvalue weighted by Gasteiger charge is 2.55. The zero-order chi connectivity index (χ0) is 34.5. The number of hydrogen-bond donors (Lipinski definition) is 4. The number of aliphatic hydroxyl groups excluding tert-OH is 1. The average Bonchev–Trinajstić information content (AvgIpc) is 3.27. The number of nitrogens with one attached hydrogen (secondary N) is 3. The van der Waals surface area contributed by atoms with Gasteiger partial charge < -0.3 is 19.7 Å². The minimum absolute atomic E-state index is 0.0515. The van der Waals surface area contributed by atoms with Crippen LogP contribution in [0.4, 0.5) is 4.39 Å². The van der Waals surface area contributed by atoms with E-state index in [0.29, 0.717) is 12.8 Å². The number of halogens is 1. The van der Waals surface area contributed by atoms with Crippen LogP contribution in [-0.2, 0) is 23.1 Å². The molecule has 262 valence electrons. The lowest BCUT2D eigenvalue weighted by Crippen LogP contribution is -2.43. The third kappa shape index (κ3) is 14.6. The molecule has 1 aliphatic rings. The highest BCUT2D eigenvalue weighted by atomic mass is 31.2. The molecule has 12 nitrogen and oxygen atoms in total. The van der Waals surface area contributed by atoms with Gasteiger partial charge in [-0.2, -0.15) is 0 Å². The summed E-state index contributed by atoms with van der Waals surface area (Å²) in [7, 11) is -2.75. The number of rotatable bonds is 22. The SMILES string of the molecule is CCC=CCC=CCC=CCC=CCC=CCCCC(=O)NCCNP(=O)(OC)OCC1OC(n2ccc(=O)[nH]c2=O)C(C)(F)C1O. The molecule has 0 saturated carbocycles. The Balaban J connectivity index is 1.60. The number of alkyl halides is 1. The summed E-state index contributed by atoms with van der Waals surface area (Å²) >= 11 is 0. The Morgan fingerprint density at radius 3 is 2.23 bits per heavy atom. The molecule has 2 rings (SSSR count). The molecule has 5 atom stereocenters. The average molecular weight is 681 g/mol. The van der Waals surface area contributed by atoms with Crippen molar-refractivity contribution >= 4 is 13.7 Å². The van der Waals surface area contributed by atoms with Crippen molar-refractivity contribution in [3.63, 3.8) is 0 Å². The summed E-state index contributed by atoms with van der Waals surface area (Å²) in [5, 5.41) is 15.8. The normalized spacial score (nSPS) is 23.2. The minimum atomic E-state index is -3.90. The molecule has 0 spiro atoms. The van der Waals surface area contributed by atoms with Crippen LogP contribution in [0, 0.1) is 0 Å². The lowest BCUT2D eigenvalue weighted by molar-refractivity contribution is -0.121. The second kappa shape index (κ2) is 21.6. The number of H-pyrrole nitrogens is 1. The van der Waals surface area contributed by atoms with Gasteiger partial charge in [0.2, 0.25) is 5.91 Å². The van der Waals surface area contributed by atoms with E-state index in [1.807, 2.05) is 4.98 Å². The Kier molecular flexibility index (Phi) is 18.4. The van der Waals surface area contributed by atoms with Crippen molar-refractivity contribution < 1.29 is 32.6 Å². The Hall–Kier alpha value is -3.19. The number of hydrogen-bond acceptors (Lipinski definition) is 8. The van der Waals surface area contributed by atoms with Gasteiger partial charge in [0.15, 0.2) is 11.9 Å².